The number of thioether (sulfide) groups is 1. The SMILES string of the molecule is CNc1nc(NCCCSC)c2ccsc2n1. The van der Waals surface area contributed by atoms with Crippen LogP contribution in [0.4, 0.5) is 11.8 Å². The third-order valence-electron chi connectivity index (χ3n) is 2.37. The predicted molar refractivity (Wildman–Crippen MR) is 78.5 cm³/mol. The molecule has 17 heavy (non-hydrogen) atoms. The largest absolute Gasteiger partial charge is 0.369 e. The highest BCUT2D eigenvalue weighted by Gasteiger charge is 2.07. The van der Waals surface area contributed by atoms with Crippen molar-refractivity contribution >= 4 is 45.1 Å². The Balaban J connectivity index is 2.16. The first-order valence-electron chi connectivity index (χ1n) is 5.51. The van der Waals surface area contributed by atoms with Crippen LogP contribution in [0.15, 0.2) is 11.4 Å². The second-order valence-electron chi connectivity index (χ2n) is 3.56. The van der Waals surface area contributed by atoms with Gasteiger partial charge in [-0.05, 0) is 29.9 Å². The van der Waals surface area contributed by atoms with E-state index in [1.165, 1.54) is 5.75 Å². The van der Waals surface area contributed by atoms with Gasteiger partial charge in [-0.2, -0.15) is 16.7 Å². The molecule has 92 valence electrons. The van der Waals surface area contributed by atoms with Crippen LogP contribution in [-0.2, 0) is 0 Å². The summed E-state index contributed by atoms with van der Waals surface area (Å²) in [6.45, 7) is 0.950. The molecule has 0 aromatic carbocycles. The molecular weight excluding hydrogens is 252 g/mol. The average Bonchev–Trinajstić information content (AvgIpc) is 2.82. The fraction of sp³-hybridized carbons (Fsp3) is 0.455. The zero-order chi connectivity index (χ0) is 12.1. The Hall–Kier alpha value is -1.01. The summed E-state index contributed by atoms with van der Waals surface area (Å²) in [5.74, 6) is 2.78. The molecule has 2 aromatic rings. The van der Waals surface area contributed by atoms with E-state index in [0.29, 0.717) is 5.95 Å². The van der Waals surface area contributed by atoms with Crippen molar-refractivity contribution < 1.29 is 0 Å². The number of fused-ring (bicyclic) bond motifs is 1. The Morgan fingerprint density at radius 1 is 1.41 bits per heavy atom. The van der Waals surface area contributed by atoms with Gasteiger partial charge in [-0.25, -0.2) is 4.98 Å². The number of hydrogen-bond donors (Lipinski definition) is 2. The number of thiophene rings is 1. The maximum atomic E-state index is 4.46. The van der Waals surface area contributed by atoms with Crippen molar-refractivity contribution in [2.24, 2.45) is 0 Å². The standard InChI is InChI=1S/C11H16N4S2/c1-12-11-14-9(13-5-3-6-16-2)8-4-7-17-10(8)15-11/h4,7H,3,5-6H2,1-2H3,(H2,12,13,14,15). The Morgan fingerprint density at radius 2 is 2.29 bits per heavy atom. The van der Waals surface area contributed by atoms with Crippen LogP contribution >= 0.6 is 23.1 Å². The quantitative estimate of drug-likeness (QED) is 0.789. The summed E-state index contributed by atoms with van der Waals surface area (Å²) < 4.78 is 0. The molecule has 6 heteroatoms. The summed E-state index contributed by atoms with van der Waals surface area (Å²) in [6, 6.07) is 2.07. The molecule has 0 aliphatic heterocycles. The van der Waals surface area contributed by atoms with E-state index in [1.54, 1.807) is 11.3 Å². The molecule has 0 fully saturated rings. The van der Waals surface area contributed by atoms with Crippen molar-refractivity contribution in [3.8, 4) is 0 Å². The van der Waals surface area contributed by atoms with Gasteiger partial charge < -0.3 is 10.6 Å². The molecule has 0 spiro atoms. The lowest BCUT2D eigenvalue weighted by Crippen LogP contribution is -2.06. The molecule has 0 saturated heterocycles. The van der Waals surface area contributed by atoms with E-state index in [4.69, 9.17) is 0 Å². The summed E-state index contributed by atoms with van der Waals surface area (Å²) in [4.78, 5) is 9.89. The summed E-state index contributed by atoms with van der Waals surface area (Å²) in [5, 5.41) is 9.53. The first-order chi connectivity index (χ1) is 8.35. The highest BCUT2D eigenvalue weighted by molar-refractivity contribution is 7.98. The lowest BCUT2D eigenvalue weighted by atomic mass is 10.3. The molecule has 2 heterocycles. The van der Waals surface area contributed by atoms with Crippen LogP contribution in [0.3, 0.4) is 0 Å². The number of nitrogens with one attached hydrogen (secondary N) is 2. The molecule has 0 atom stereocenters. The van der Waals surface area contributed by atoms with Crippen molar-refractivity contribution in [3.05, 3.63) is 11.4 Å². The van der Waals surface area contributed by atoms with Crippen molar-refractivity contribution in [1.82, 2.24) is 9.97 Å². The number of hydrogen-bond acceptors (Lipinski definition) is 6. The van der Waals surface area contributed by atoms with Crippen LogP contribution in [0.5, 0.6) is 0 Å². The molecule has 0 aliphatic carbocycles. The van der Waals surface area contributed by atoms with Gasteiger partial charge >= 0.3 is 0 Å². The topological polar surface area (TPSA) is 49.8 Å². The van der Waals surface area contributed by atoms with E-state index >= 15 is 0 Å². The second kappa shape index (κ2) is 6.07. The van der Waals surface area contributed by atoms with E-state index in [1.807, 2.05) is 24.2 Å². The number of rotatable bonds is 6. The van der Waals surface area contributed by atoms with Gasteiger partial charge in [0.05, 0.1) is 5.39 Å². The van der Waals surface area contributed by atoms with Gasteiger partial charge in [-0.15, -0.1) is 11.3 Å². The minimum absolute atomic E-state index is 0.673. The van der Waals surface area contributed by atoms with Crippen molar-refractivity contribution in [2.75, 3.05) is 36.2 Å². The molecule has 0 radical (unpaired) electrons. The lowest BCUT2D eigenvalue weighted by Gasteiger charge is -2.08. The summed E-state index contributed by atoms with van der Waals surface area (Å²) in [7, 11) is 1.84. The molecule has 4 nitrogen and oxygen atoms in total. The van der Waals surface area contributed by atoms with E-state index in [9.17, 15) is 0 Å². The van der Waals surface area contributed by atoms with Crippen LogP contribution in [0.2, 0.25) is 0 Å². The van der Waals surface area contributed by atoms with Crippen molar-refractivity contribution in [3.63, 3.8) is 0 Å². The average molecular weight is 268 g/mol. The minimum Gasteiger partial charge on any atom is -0.369 e. The second-order valence-corrected chi connectivity index (χ2v) is 5.44. The first kappa shape index (κ1) is 12.4. The van der Waals surface area contributed by atoms with Gasteiger partial charge in [0, 0.05) is 13.6 Å². The molecule has 2 rings (SSSR count). The molecule has 0 aliphatic rings. The highest BCUT2D eigenvalue weighted by atomic mass is 32.2. The van der Waals surface area contributed by atoms with E-state index in [2.05, 4.69) is 32.9 Å². The van der Waals surface area contributed by atoms with E-state index in [-0.39, 0.29) is 0 Å². The summed E-state index contributed by atoms with van der Waals surface area (Å²) >= 11 is 3.51. The predicted octanol–water partition coefficient (Wildman–Crippen LogP) is 2.90. The third-order valence-corrected chi connectivity index (χ3v) is 3.87. The van der Waals surface area contributed by atoms with Gasteiger partial charge in [0.1, 0.15) is 10.6 Å². The molecule has 0 saturated carbocycles. The van der Waals surface area contributed by atoms with Crippen LogP contribution in [0.1, 0.15) is 6.42 Å². The van der Waals surface area contributed by atoms with Crippen LogP contribution in [0, 0.1) is 0 Å². The van der Waals surface area contributed by atoms with Gasteiger partial charge in [-0.3, -0.25) is 0 Å². The Morgan fingerprint density at radius 3 is 3.06 bits per heavy atom. The van der Waals surface area contributed by atoms with Crippen LogP contribution < -0.4 is 10.6 Å². The number of nitrogens with zero attached hydrogens (tertiary/aromatic N) is 2. The molecule has 0 amide bonds. The zero-order valence-corrected chi connectivity index (χ0v) is 11.6. The van der Waals surface area contributed by atoms with Crippen molar-refractivity contribution in [1.29, 1.82) is 0 Å². The molecule has 0 unspecified atom stereocenters. The first-order valence-corrected chi connectivity index (χ1v) is 7.78. The third kappa shape index (κ3) is 3.01. The fourth-order valence-electron chi connectivity index (χ4n) is 1.53. The molecule has 2 N–H and O–H groups in total. The molecular formula is C11H16N4S2. The van der Waals surface area contributed by atoms with Crippen molar-refractivity contribution in [2.45, 2.75) is 6.42 Å². The normalized spacial score (nSPS) is 10.7. The molecule has 0 bridgehead atoms. The fourth-order valence-corrected chi connectivity index (χ4v) is 2.72. The monoisotopic (exact) mass is 268 g/mol. The lowest BCUT2D eigenvalue weighted by molar-refractivity contribution is 0.983. The Labute approximate surface area is 109 Å². The Kier molecular flexibility index (Phi) is 4.44. The minimum atomic E-state index is 0.673. The van der Waals surface area contributed by atoms with Gasteiger partial charge in [-0.1, -0.05) is 0 Å². The number of anilines is 2. The van der Waals surface area contributed by atoms with Gasteiger partial charge in [0.2, 0.25) is 5.95 Å². The summed E-state index contributed by atoms with van der Waals surface area (Å²) in [6.07, 6.45) is 3.27. The number of aromatic nitrogens is 2. The van der Waals surface area contributed by atoms with E-state index in [0.717, 1.165) is 29.0 Å². The van der Waals surface area contributed by atoms with Crippen LogP contribution in [-0.4, -0.2) is 35.6 Å². The van der Waals surface area contributed by atoms with E-state index < -0.39 is 0 Å². The zero-order valence-electron chi connectivity index (χ0n) is 9.99. The van der Waals surface area contributed by atoms with Gasteiger partial charge in [0.25, 0.3) is 0 Å². The van der Waals surface area contributed by atoms with Gasteiger partial charge in [0.15, 0.2) is 0 Å². The molecule has 2 aromatic heterocycles. The summed E-state index contributed by atoms with van der Waals surface area (Å²) in [5.41, 5.74) is 0. The highest BCUT2D eigenvalue weighted by Crippen LogP contribution is 2.26. The maximum Gasteiger partial charge on any atom is 0.225 e. The Bertz CT molecular complexity index is 483. The van der Waals surface area contributed by atoms with Crippen LogP contribution in [0.25, 0.3) is 10.2 Å². The maximum absolute atomic E-state index is 4.46. The smallest absolute Gasteiger partial charge is 0.225 e.